The summed E-state index contributed by atoms with van der Waals surface area (Å²) in [5.74, 6) is 0.253. The zero-order valence-corrected chi connectivity index (χ0v) is 19.0. The molecule has 2 heterocycles. The minimum Gasteiger partial charge on any atom is -0.357 e. The summed E-state index contributed by atoms with van der Waals surface area (Å²) in [7, 11) is -3.80. The summed E-state index contributed by atoms with van der Waals surface area (Å²) < 4.78 is 27.6. The molecule has 31 heavy (non-hydrogen) atoms. The van der Waals surface area contributed by atoms with Gasteiger partial charge in [0.15, 0.2) is 0 Å². The average Bonchev–Trinajstić information content (AvgIpc) is 3.27. The Balaban J connectivity index is 1.69. The average molecular weight is 443 g/mol. The van der Waals surface area contributed by atoms with Crippen LogP contribution in [0.4, 0.5) is 11.5 Å². The van der Waals surface area contributed by atoms with Gasteiger partial charge in [0.2, 0.25) is 15.9 Å². The summed E-state index contributed by atoms with van der Waals surface area (Å²) in [5.41, 5.74) is 2.04. The molecule has 0 bridgehead atoms. The summed E-state index contributed by atoms with van der Waals surface area (Å²) >= 11 is 0. The summed E-state index contributed by atoms with van der Waals surface area (Å²) in [6.45, 7) is 7.43. The topological polar surface area (TPSA) is 91.4 Å². The van der Waals surface area contributed by atoms with Crippen molar-refractivity contribution in [3.05, 3.63) is 59.1 Å². The Labute approximate surface area is 184 Å². The lowest BCUT2D eigenvalue weighted by molar-refractivity contribution is -0.118. The summed E-state index contributed by atoms with van der Waals surface area (Å²) in [4.78, 5) is 19.7. The fourth-order valence-electron chi connectivity index (χ4n) is 3.45. The molecule has 1 amide bonds. The van der Waals surface area contributed by atoms with Crippen LogP contribution in [0.3, 0.4) is 0 Å². The number of carbonyl (C=O) groups is 1. The molecule has 1 aromatic heterocycles. The molecule has 1 atom stereocenters. The molecular weight excluding hydrogens is 412 g/mol. The normalized spacial score (nSPS) is 15.5. The SMILES string of the molecule is Cc1nc(N2CCCC2)ccc1NC(=O)[C@@H](NS(=O)(=O)/C=C/c1ccccc1)C(C)C. The number of sulfonamides is 1. The van der Waals surface area contributed by atoms with E-state index in [0.29, 0.717) is 11.4 Å². The number of nitrogens with zero attached hydrogens (tertiary/aromatic N) is 2. The number of benzene rings is 1. The molecule has 1 aliphatic rings. The molecule has 0 spiro atoms. The van der Waals surface area contributed by atoms with Crippen LogP contribution in [-0.4, -0.2) is 38.4 Å². The van der Waals surface area contributed by atoms with Crippen LogP contribution in [0.25, 0.3) is 6.08 Å². The van der Waals surface area contributed by atoms with E-state index in [4.69, 9.17) is 0 Å². The van der Waals surface area contributed by atoms with Gasteiger partial charge in [0, 0.05) is 18.5 Å². The molecule has 8 heteroatoms. The second-order valence-electron chi connectivity index (χ2n) is 8.08. The van der Waals surface area contributed by atoms with Gasteiger partial charge in [-0.2, -0.15) is 4.72 Å². The van der Waals surface area contributed by atoms with Crippen LogP contribution in [0.5, 0.6) is 0 Å². The van der Waals surface area contributed by atoms with Crippen molar-refractivity contribution in [2.45, 2.75) is 39.7 Å². The molecule has 0 aliphatic carbocycles. The predicted molar refractivity (Wildman–Crippen MR) is 125 cm³/mol. The zero-order valence-electron chi connectivity index (χ0n) is 18.2. The first kappa shape index (κ1) is 23.0. The molecule has 1 aromatic carbocycles. The molecule has 3 rings (SSSR count). The molecule has 1 aliphatic heterocycles. The molecule has 0 radical (unpaired) electrons. The maximum absolute atomic E-state index is 12.9. The Morgan fingerprint density at radius 3 is 2.39 bits per heavy atom. The summed E-state index contributed by atoms with van der Waals surface area (Å²) in [6, 6.07) is 11.9. The standard InChI is InChI=1S/C23H30N4O3S/c1-17(2)22(26-31(29,30)16-13-19-9-5-4-6-10-19)23(28)25-20-11-12-21(24-18(20)3)27-14-7-8-15-27/h4-6,9-13,16-17,22,26H,7-8,14-15H2,1-3H3,(H,25,28)/b16-13+/t22-/m0/s1. The van der Waals surface area contributed by atoms with Gasteiger partial charge in [0.05, 0.1) is 11.4 Å². The lowest BCUT2D eigenvalue weighted by Crippen LogP contribution is -2.46. The van der Waals surface area contributed by atoms with Gasteiger partial charge in [-0.1, -0.05) is 44.2 Å². The van der Waals surface area contributed by atoms with E-state index in [1.54, 1.807) is 26.0 Å². The quantitative estimate of drug-likeness (QED) is 0.652. The van der Waals surface area contributed by atoms with Crippen LogP contribution in [-0.2, 0) is 14.8 Å². The monoisotopic (exact) mass is 442 g/mol. The molecule has 1 saturated heterocycles. The molecule has 0 saturated carbocycles. The zero-order chi connectivity index (χ0) is 22.4. The van der Waals surface area contributed by atoms with Crippen LogP contribution >= 0.6 is 0 Å². The fraction of sp³-hybridized carbons (Fsp3) is 0.391. The Kier molecular flexibility index (Phi) is 7.46. The van der Waals surface area contributed by atoms with E-state index >= 15 is 0 Å². The van der Waals surface area contributed by atoms with E-state index in [1.807, 2.05) is 37.3 Å². The molecule has 166 valence electrons. The maximum atomic E-state index is 12.9. The van der Waals surface area contributed by atoms with Gasteiger partial charge in [0.1, 0.15) is 11.9 Å². The number of carbonyl (C=O) groups excluding carboxylic acids is 1. The molecule has 1 fully saturated rings. The number of rotatable bonds is 8. The first-order valence-electron chi connectivity index (χ1n) is 10.5. The third-order valence-electron chi connectivity index (χ3n) is 5.24. The van der Waals surface area contributed by atoms with Crippen LogP contribution in [0.15, 0.2) is 47.9 Å². The van der Waals surface area contributed by atoms with Crippen LogP contribution in [0.2, 0.25) is 0 Å². The number of aryl methyl sites for hydroxylation is 1. The van der Waals surface area contributed by atoms with Crippen molar-refractivity contribution in [1.29, 1.82) is 0 Å². The lowest BCUT2D eigenvalue weighted by atomic mass is 10.0. The number of anilines is 2. The predicted octanol–water partition coefficient (Wildman–Crippen LogP) is 3.54. The van der Waals surface area contributed by atoms with Crippen LogP contribution in [0.1, 0.15) is 37.9 Å². The van der Waals surface area contributed by atoms with Gasteiger partial charge < -0.3 is 10.2 Å². The number of hydrogen-bond donors (Lipinski definition) is 2. The van der Waals surface area contributed by atoms with Crippen molar-refractivity contribution < 1.29 is 13.2 Å². The van der Waals surface area contributed by atoms with Crippen molar-refractivity contribution in [3.8, 4) is 0 Å². The van der Waals surface area contributed by atoms with E-state index in [0.717, 1.165) is 42.7 Å². The second kappa shape index (κ2) is 10.1. The van der Waals surface area contributed by atoms with Gasteiger partial charge in [-0.3, -0.25) is 4.79 Å². The third kappa shape index (κ3) is 6.38. The van der Waals surface area contributed by atoms with Crippen molar-refractivity contribution >= 4 is 33.5 Å². The van der Waals surface area contributed by atoms with E-state index in [9.17, 15) is 13.2 Å². The first-order valence-corrected chi connectivity index (χ1v) is 12.1. The van der Waals surface area contributed by atoms with Crippen molar-refractivity contribution in [2.24, 2.45) is 5.92 Å². The van der Waals surface area contributed by atoms with Gasteiger partial charge in [0.25, 0.3) is 0 Å². The highest BCUT2D eigenvalue weighted by Gasteiger charge is 2.27. The minimum atomic E-state index is -3.80. The van der Waals surface area contributed by atoms with E-state index < -0.39 is 22.0 Å². The summed E-state index contributed by atoms with van der Waals surface area (Å²) in [5, 5.41) is 3.92. The van der Waals surface area contributed by atoms with Crippen LogP contribution in [0, 0.1) is 12.8 Å². The highest BCUT2D eigenvalue weighted by molar-refractivity contribution is 7.92. The minimum absolute atomic E-state index is 0.239. The smallest absolute Gasteiger partial charge is 0.242 e. The van der Waals surface area contributed by atoms with Gasteiger partial charge in [-0.05, 0) is 49.5 Å². The maximum Gasteiger partial charge on any atom is 0.242 e. The number of hydrogen-bond acceptors (Lipinski definition) is 5. The first-order chi connectivity index (χ1) is 14.7. The number of aromatic nitrogens is 1. The Morgan fingerprint density at radius 2 is 1.77 bits per heavy atom. The van der Waals surface area contributed by atoms with E-state index in [2.05, 4.69) is 19.9 Å². The number of pyridine rings is 1. The van der Waals surface area contributed by atoms with Gasteiger partial charge in [-0.25, -0.2) is 13.4 Å². The molecule has 7 nitrogen and oxygen atoms in total. The molecule has 2 aromatic rings. The molecule has 0 unspecified atom stereocenters. The van der Waals surface area contributed by atoms with Gasteiger partial charge >= 0.3 is 0 Å². The number of amides is 1. The second-order valence-corrected chi connectivity index (χ2v) is 9.68. The Bertz CT molecular complexity index is 1030. The molecule has 2 N–H and O–H groups in total. The highest BCUT2D eigenvalue weighted by Crippen LogP contribution is 2.22. The molecular formula is C23H30N4O3S. The number of nitrogens with one attached hydrogen (secondary N) is 2. The lowest BCUT2D eigenvalue weighted by Gasteiger charge is -2.22. The summed E-state index contributed by atoms with van der Waals surface area (Å²) in [6.07, 6.45) is 3.82. The van der Waals surface area contributed by atoms with E-state index in [1.165, 1.54) is 6.08 Å². The highest BCUT2D eigenvalue weighted by atomic mass is 32.2. The largest absolute Gasteiger partial charge is 0.357 e. The van der Waals surface area contributed by atoms with Crippen molar-refractivity contribution in [2.75, 3.05) is 23.3 Å². The fourth-order valence-corrected chi connectivity index (χ4v) is 4.60. The van der Waals surface area contributed by atoms with Crippen LogP contribution < -0.4 is 14.9 Å². The van der Waals surface area contributed by atoms with Gasteiger partial charge in [-0.15, -0.1) is 0 Å². The third-order valence-corrected chi connectivity index (χ3v) is 6.32. The Morgan fingerprint density at radius 1 is 1.10 bits per heavy atom. The van der Waals surface area contributed by atoms with E-state index in [-0.39, 0.29) is 5.92 Å². The van der Waals surface area contributed by atoms with Crippen molar-refractivity contribution in [3.63, 3.8) is 0 Å². The Hall–Kier alpha value is -2.71. The van der Waals surface area contributed by atoms with Crippen molar-refractivity contribution in [1.82, 2.24) is 9.71 Å².